The van der Waals surface area contributed by atoms with Crippen molar-refractivity contribution < 1.29 is 4.79 Å². The molecule has 0 bridgehead atoms. The van der Waals surface area contributed by atoms with Crippen molar-refractivity contribution in [2.75, 3.05) is 0 Å². The van der Waals surface area contributed by atoms with Gasteiger partial charge >= 0.3 is 0 Å². The van der Waals surface area contributed by atoms with Gasteiger partial charge in [-0.1, -0.05) is 90.1 Å². The van der Waals surface area contributed by atoms with Gasteiger partial charge in [0.2, 0.25) is 0 Å². The van der Waals surface area contributed by atoms with Crippen LogP contribution in [0, 0.1) is 0 Å². The summed E-state index contributed by atoms with van der Waals surface area (Å²) < 4.78 is 0. The van der Waals surface area contributed by atoms with Crippen molar-refractivity contribution in [3.05, 3.63) is 85.5 Å². The molecule has 0 spiro atoms. The Hall–Kier alpha value is -2.19. The Balaban J connectivity index is 2.49. The normalized spacial score (nSPS) is 11.5. The second-order valence-corrected chi connectivity index (χ2v) is 9.87. The Labute approximate surface area is 140 Å². The fraction of sp³-hybridized carbons (Fsp3) is 0.190. The first-order chi connectivity index (χ1) is 11.2. The highest BCUT2D eigenvalue weighted by Gasteiger charge is 2.34. The molecule has 23 heavy (non-hydrogen) atoms. The first-order valence-electron chi connectivity index (χ1n) is 8.14. The van der Waals surface area contributed by atoms with Crippen LogP contribution in [-0.2, 0) is 4.79 Å². The number of ketones is 1. The van der Waals surface area contributed by atoms with Crippen LogP contribution in [0.25, 0.3) is 0 Å². The maximum absolute atomic E-state index is 11.6. The summed E-state index contributed by atoms with van der Waals surface area (Å²) in [6, 6.07) is 23.3. The minimum absolute atomic E-state index is 0.188. The van der Waals surface area contributed by atoms with Gasteiger partial charge in [0, 0.05) is 6.42 Å². The van der Waals surface area contributed by atoms with E-state index in [1.54, 1.807) is 6.08 Å². The van der Waals surface area contributed by atoms with Gasteiger partial charge in [0.25, 0.3) is 0 Å². The summed E-state index contributed by atoms with van der Waals surface area (Å²) >= 11 is 0. The smallest absolute Gasteiger partial charge is 0.155 e. The highest BCUT2D eigenvalue weighted by molar-refractivity contribution is 7.02. The standard InChI is InChI=1S/C21H24OSi/c1-3-17-23(18-11-12-19(22)4-2,20-13-7-5-8-14-20)21-15-9-6-10-16-21/h3,5-16H,1,4,17-18H2,2H3/b12-11+. The zero-order valence-electron chi connectivity index (χ0n) is 13.7. The molecule has 0 saturated carbocycles. The number of rotatable bonds is 8. The Morgan fingerprint density at radius 3 is 1.91 bits per heavy atom. The van der Waals surface area contributed by atoms with Crippen LogP contribution in [0.1, 0.15) is 13.3 Å². The highest BCUT2D eigenvalue weighted by Crippen LogP contribution is 2.18. The molecule has 118 valence electrons. The molecule has 0 atom stereocenters. The van der Waals surface area contributed by atoms with Crippen molar-refractivity contribution in [2.24, 2.45) is 0 Å². The molecule has 0 unspecified atom stereocenters. The predicted octanol–water partition coefficient (Wildman–Crippen LogP) is 3.97. The van der Waals surface area contributed by atoms with Crippen molar-refractivity contribution in [3.8, 4) is 0 Å². The lowest BCUT2D eigenvalue weighted by Gasteiger charge is -2.31. The largest absolute Gasteiger partial charge is 0.295 e. The monoisotopic (exact) mass is 320 g/mol. The molecule has 0 fully saturated rings. The van der Waals surface area contributed by atoms with Gasteiger partial charge in [-0.3, -0.25) is 4.79 Å². The molecule has 0 saturated heterocycles. The molecule has 2 aromatic carbocycles. The molecule has 1 nitrogen and oxygen atoms in total. The van der Waals surface area contributed by atoms with E-state index in [4.69, 9.17) is 0 Å². The van der Waals surface area contributed by atoms with Crippen molar-refractivity contribution in [1.29, 1.82) is 0 Å². The van der Waals surface area contributed by atoms with Crippen LogP contribution >= 0.6 is 0 Å². The zero-order chi connectivity index (χ0) is 16.5. The Morgan fingerprint density at radius 2 is 1.48 bits per heavy atom. The lowest BCUT2D eigenvalue weighted by Crippen LogP contribution is -2.57. The molecule has 0 aromatic heterocycles. The second kappa shape index (κ2) is 8.44. The number of benzene rings is 2. The number of carbonyl (C=O) groups excluding carboxylic acids is 1. The number of hydrogen-bond acceptors (Lipinski definition) is 1. The predicted molar refractivity (Wildman–Crippen MR) is 102 cm³/mol. The van der Waals surface area contributed by atoms with Gasteiger partial charge in [-0.2, -0.15) is 0 Å². The average molecular weight is 321 g/mol. The van der Waals surface area contributed by atoms with Gasteiger partial charge in [0.1, 0.15) is 8.07 Å². The summed E-state index contributed by atoms with van der Waals surface area (Å²) in [4.78, 5) is 11.6. The van der Waals surface area contributed by atoms with Crippen LogP contribution in [0.4, 0.5) is 0 Å². The number of hydrogen-bond donors (Lipinski definition) is 0. The van der Waals surface area contributed by atoms with E-state index >= 15 is 0 Å². The van der Waals surface area contributed by atoms with Gasteiger partial charge < -0.3 is 0 Å². The van der Waals surface area contributed by atoms with Gasteiger partial charge in [-0.05, 0) is 18.2 Å². The lowest BCUT2D eigenvalue weighted by atomic mass is 10.3. The van der Waals surface area contributed by atoms with Gasteiger partial charge in [-0.25, -0.2) is 0 Å². The molecule has 0 aliphatic heterocycles. The average Bonchev–Trinajstić information content (AvgIpc) is 2.62. The maximum atomic E-state index is 11.6. The summed E-state index contributed by atoms with van der Waals surface area (Å²) in [5.74, 6) is 0.188. The second-order valence-electron chi connectivity index (χ2n) is 5.73. The molecule has 0 heterocycles. The summed E-state index contributed by atoms with van der Waals surface area (Å²) in [6.07, 6.45) is 6.41. The first-order valence-corrected chi connectivity index (χ1v) is 10.6. The summed E-state index contributed by atoms with van der Waals surface area (Å²) in [7, 11) is -1.98. The molecule has 2 rings (SSSR count). The van der Waals surface area contributed by atoms with E-state index in [-0.39, 0.29) is 5.78 Å². The van der Waals surface area contributed by atoms with Gasteiger partial charge in [0.15, 0.2) is 5.78 Å². The van der Waals surface area contributed by atoms with Crippen molar-refractivity contribution in [3.63, 3.8) is 0 Å². The molecule has 0 radical (unpaired) electrons. The van der Waals surface area contributed by atoms with E-state index in [9.17, 15) is 4.79 Å². The third kappa shape index (κ3) is 4.17. The van der Waals surface area contributed by atoms with Crippen molar-refractivity contribution in [1.82, 2.24) is 0 Å². The van der Waals surface area contributed by atoms with Crippen LogP contribution in [0.15, 0.2) is 85.5 Å². The van der Waals surface area contributed by atoms with Crippen LogP contribution in [0.5, 0.6) is 0 Å². The van der Waals surface area contributed by atoms with Crippen LogP contribution in [0.2, 0.25) is 12.1 Å². The van der Waals surface area contributed by atoms with Gasteiger partial charge in [0.05, 0.1) is 0 Å². The van der Waals surface area contributed by atoms with E-state index in [1.807, 2.05) is 13.0 Å². The molecule has 2 aromatic rings. The third-order valence-corrected chi connectivity index (χ3v) is 9.06. The number of allylic oxidation sites excluding steroid dienone is 3. The molecule has 0 aliphatic carbocycles. The third-order valence-electron chi connectivity index (χ3n) is 4.26. The topological polar surface area (TPSA) is 17.1 Å². The maximum Gasteiger partial charge on any atom is 0.155 e. The fourth-order valence-electron chi connectivity index (χ4n) is 2.99. The number of carbonyl (C=O) groups is 1. The van der Waals surface area contributed by atoms with E-state index in [0.717, 1.165) is 12.1 Å². The summed E-state index contributed by atoms with van der Waals surface area (Å²) in [5.41, 5.74) is 0. The van der Waals surface area contributed by atoms with Crippen molar-refractivity contribution in [2.45, 2.75) is 25.4 Å². The quantitative estimate of drug-likeness (QED) is 0.409. The minimum atomic E-state index is -1.98. The van der Waals surface area contributed by atoms with Crippen LogP contribution in [-0.4, -0.2) is 13.9 Å². The molecule has 0 N–H and O–H groups in total. The van der Waals surface area contributed by atoms with E-state index in [2.05, 4.69) is 73.3 Å². The molecule has 0 amide bonds. The summed E-state index contributed by atoms with van der Waals surface area (Å²) in [6.45, 7) is 5.90. The minimum Gasteiger partial charge on any atom is -0.295 e. The Kier molecular flexibility index (Phi) is 6.30. The highest BCUT2D eigenvalue weighted by atomic mass is 28.3. The Morgan fingerprint density at radius 1 is 0.957 bits per heavy atom. The fourth-order valence-corrected chi connectivity index (χ4v) is 7.11. The van der Waals surface area contributed by atoms with Crippen molar-refractivity contribution >= 4 is 24.2 Å². The van der Waals surface area contributed by atoms with E-state index in [0.29, 0.717) is 6.42 Å². The van der Waals surface area contributed by atoms with Crippen LogP contribution in [0.3, 0.4) is 0 Å². The van der Waals surface area contributed by atoms with E-state index < -0.39 is 8.07 Å². The molecule has 0 aliphatic rings. The van der Waals surface area contributed by atoms with Gasteiger partial charge in [-0.15, -0.1) is 6.58 Å². The van der Waals surface area contributed by atoms with Crippen LogP contribution < -0.4 is 10.4 Å². The molecular weight excluding hydrogens is 296 g/mol. The first kappa shape index (κ1) is 17.2. The summed E-state index contributed by atoms with van der Waals surface area (Å²) in [5, 5.41) is 2.78. The van der Waals surface area contributed by atoms with E-state index in [1.165, 1.54) is 10.4 Å². The Bertz CT molecular complexity index is 619. The molecule has 2 heteroatoms. The zero-order valence-corrected chi connectivity index (χ0v) is 14.7. The molecular formula is C21H24OSi. The lowest BCUT2D eigenvalue weighted by molar-refractivity contribution is -0.114. The SMILES string of the molecule is C=CC[Si](C/C=C/C(=O)CC)(c1ccccc1)c1ccccc1.